The Hall–Kier alpha value is -0.170. The number of aliphatic hydroxyl groups is 1. The van der Waals surface area contributed by atoms with Crippen LogP contribution in [0.15, 0.2) is 0 Å². The predicted molar refractivity (Wildman–Crippen MR) is 70.3 cm³/mol. The molecule has 1 aliphatic heterocycles. The van der Waals surface area contributed by atoms with Crippen LogP contribution in [-0.2, 0) is 10.2 Å². The van der Waals surface area contributed by atoms with Crippen LogP contribution in [0.5, 0.6) is 0 Å². The highest BCUT2D eigenvalue weighted by Gasteiger charge is 2.36. The molecule has 1 saturated heterocycles. The Bertz CT molecular complexity index is 366. The van der Waals surface area contributed by atoms with Gasteiger partial charge < -0.3 is 5.11 Å². The van der Waals surface area contributed by atoms with E-state index in [1.807, 2.05) is 0 Å². The highest BCUT2D eigenvalue weighted by molar-refractivity contribution is 7.86. The van der Waals surface area contributed by atoms with Gasteiger partial charge in [0.15, 0.2) is 0 Å². The van der Waals surface area contributed by atoms with E-state index in [0.717, 1.165) is 32.1 Å². The quantitative estimate of drug-likeness (QED) is 0.826. The molecule has 6 heteroatoms. The molecule has 1 atom stereocenters. The van der Waals surface area contributed by atoms with E-state index in [0.29, 0.717) is 13.1 Å². The molecule has 1 saturated carbocycles. The molecule has 0 aromatic rings. The molecular weight excluding hydrogens is 252 g/mol. The van der Waals surface area contributed by atoms with Crippen molar-refractivity contribution in [2.45, 2.75) is 44.6 Å². The SMILES string of the molecule is CN(C1CCCCC1)S(=O)(=O)N1CCC(CO)C1. The first kappa shape index (κ1) is 14.2. The zero-order chi connectivity index (χ0) is 13.2. The standard InChI is InChI=1S/C12H24N2O3S/c1-13(12-5-3-2-4-6-12)18(16,17)14-8-7-11(9-14)10-15/h11-12,15H,2-10H2,1H3. The van der Waals surface area contributed by atoms with Gasteiger partial charge in [-0.15, -0.1) is 0 Å². The maximum absolute atomic E-state index is 12.5. The van der Waals surface area contributed by atoms with Crippen LogP contribution in [0.1, 0.15) is 38.5 Å². The van der Waals surface area contributed by atoms with Gasteiger partial charge in [0, 0.05) is 32.8 Å². The van der Waals surface area contributed by atoms with Crippen LogP contribution in [0, 0.1) is 5.92 Å². The highest BCUT2D eigenvalue weighted by atomic mass is 32.2. The fraction of sp³-hybridized carbons (Fsp3) is 1.00. The van der Waals surface area contributed by atoms with Gasteiger partial charge >= 0.3 is 0 Å². The molecule has 1 heterocycles. The van der Waals surface area contributed by atoms with Crippen molar-refractivity contribution >= 4 is 10.2 Å². The summed E-state index contributed by atoms with van der Waals surface area (Å²) >= 11 is 0. The molecule has 2 aliphatic rings. The van der Waals surface area contributed by atoms with E-state index in [9.17, 15) is 8.42 Å². The van der Waals surface area contributed by atoms with Gasteiger partial charge in [0.2, 0.25) is 0 Å². The van der Waals surface area contributed by atoms with Crippen molar-refractivity contribution in [2.24, 2.45) is 5.92 Å². The third-order valence-corrected chi connectivity index (χ3v) is 6.30. The average molecular weight is 276 g/mol. The Balaban J connectivity index is 2.01. The third kappa shape index (κ3) is 2.87. The largest absolute Gasteiger partial charge is 0.396 e. The molecule has 1 aliphatic carbocycles. The summed E-state index contributed by atoms with van der Waals surface area (Å²) in [6.07, 6.45) is 6.21. The van der Waals surface area contributed by atoms with Gasteiger partial charge in [-0.05, 0) is 25.2 Å². The number of hydrogen-bond acceptors (Lipinski definition) is 3. The lowest BCUT2D eigenvalue weighted by Gasteiger charge is -2.33. The lowest BCUT2D eigenvalue weighted by Crippen LogP contribution is -2.46. The van der Waals surface area contributed by atoms with Crippen molar-refractivity contribution in [3.05, 3.63) is 0 Å². The molecule has 1 unspecified atom stereocenters. The molecule has 0 aromatic carbocycles. The maximum Gasteiger partial charge on any atom is 0.281 e. The van der Waals surface area contributed by atoms with Gasteiger partial charge in [-0.3, -0.25) is 0 Å². The van der Waals surface area contributed by atoms with E-state index in [2.05, 4.69) is 0 Å². The Morgan fingerprint density at radius 1 is 1.22 bits per heavy atom. The number of aliphatic hydroxyl groups excluding tert-OH is 1. The van der Waals surface area contributed by atoms with Crippen LogP contribution in [0.2, 0.25) is 0 Å². The fourth-order valence-electron chi connectivity index (χ4n) is 2.97. The molecular formula is C12H24N2O3S. The van der Waals surface area contributed by atoms with Crippen LogP contribution in [0.3, 0.4) is 0 Å². The van der Waals surface area contributed by atoms with Gasteiger partial charge in [-0.2, -0.15) is 17.0 Å². The summed E-state index contributed by atoms with van der Waals surface area (Å²) in [4.78, 5) is 0. The molecule has 2 fully saturated rings. The van der Waals surface area contributed by atoms with Crippen molar-refractivity contribution in [3.63, 3.8) is 0 Å². The molecule has 0 bridgehead atoms. The molecule has 2 rings (SSSR count). The molecule has 0 amide bonds. The first-order valence-electron chi connectivity index (χ1n) is 6.89. The predicted octanol–water partition coefficient (Wildman–Crippen LogP) is 0.810. The minimum atomic E-state index is -3.33. The average Bonchev–Trinajstić information content (AvgIpc) is 2.88. The molecule has 0 aromatic heterocycles. The van der Waals surface area contributed by atoms with Crippen molar-refractivity contribution in [1.82, 2.24) is 8.61 Å². The minimum absolute atomic E-state index is 0.0825. The van der Waals surface area contributed by atoms with Crippen molar-refractivity contribution in [1.29, 1.82) is 0 Å². The molecule has 1 N–H and O–H groups in total. The fourth-order valence-corrected chi connectivity index (χ4v) is 4.66. The van der Waals surface area contributed by atoms with Crippen molar-refractivity contribution in [3.8, 4) is 0 Å². The van der Waals surface area contributed by atoms with Crippen LogP contribution in [0.4, 0.5) is 0 Å². The van der Waals surface area contributed by atoms with Crippen molar-refractivity contribution in [2.75, 3.05) is 26.7 Å². The van der Waals surface area contributed by atoms with Gasteiger partial charge in [-0.1, -0.05) is 19.3 Å². The van der Waals surface area contributed by atoms with Gasteiger partial charge in [0.05, 0.1) is 0 Å². The second-order valence-corrected chi connectivity index (χ2v) is 7.50. The van der Waals surface area contributed by atoms with Crippen LogP contribution < -0.4 is 0 Å². The van der Waals surface area contributed by atoms with Gasteiger partial charge in [0.1, 0.15) is 0 Å². The van der Waals surface area contributed by atoms with E-state index >= 15 is 0 Å². The van der Waals surface area contributed by atoms with E-state index in [4.69, 9.17) is 5.11 Å². The lowest BCUT2D eigenvalue weighted by molar-refractivity contribution is 0.229. The van der Waals surface area contributed by atoms with Crippen molar-refractivity contribution < 1.29 is 13.5 Å². The summed E-state index contributed by atoms with van der Waals surface area (Å²) in [6, 6.07) is 0.164. The number of nitrogens with zero attached hydrogens (tertiary/aromatic N) is 2. The number of hydrogen-bond donors (Lipinski definition) is 1. The first-order valence-corrected chi connectivity index (χ1v) is 8.29. The minimum Gasteiger partial charge on any atom is -0.396 e. The summed E-state index contributed by atoms with van der Waals surface area (Å²) in [6.45, 7) is 1.10. The molecule has 18 heavy (non-hydrogen) atoms. The Labute approximate surface area is 110 Å². The first-order chi connectivity index (χ1) is 8.55. The van der Waals surface area contributed by atoms with Crippen LogP contribution in [-0.4, -0.2) is 54.9 Å². The van der Waals surface area contributed by atoms with Crippen LogP contribution >= 0.6 is 0 Å². The zero-order valence-corrected chi connectivity index (χ0v) is 11.9. The lowest BCUT2D eigenvalue weighted by atomic mass is 9.96. The topological polar surface area (TPSA) is 60.9 Å². The molecule has 0 radical (unpaired) electrons. The van der Waals surface area contributed by atoms with E-state index in [-0.39, 0.29) is 18.6 Å². The zero-order valence-electron chi connectivity index (χ0n) is 11.1. The monoisotopic (exact) mass is 276 g/mol. The summed E-state index contributed by atoms with van der Waals surface area (Å²) in [7, 11) is -1.62. The van der Waals surface area contributed by atoms with E-state index in [1.54, 1.807) is 11.4 Å². The summed E-state index contributed by atoms with van der Waals surface area (Å²) in [5, 5.41) is 9.10. The molecule has 106 valence electrons. The molecule has 0 spiro atoms. The maximum atomic E-state index is 12.5. The summed E-state index contributed by atoms with van der Waals surface area (Å²) in [5.74, 6) is 0.111. The highest BCUT2D eigenvalue weighted by Crippen LogP contribution is 2.27. The van der Waals surface area contributed by atoms with E-state index in [1.165, 1.54) is 10.7 Å². The van der Waals surface area contributed by atoms with Crippen LogP contribution in [0.25, 0.3) is 0 Å². The Kier molecular flexibility index (Phi) is 4.64. The third-order valence-electron chi connectivity index (χ3n) is 4.29. The van der Waals surface area contributed by atoms with Gasteiger partial charge in [-0.25, -0.2) is 0 Å². The second kappa shape index (κ2) is 5.86. The second-order valence-electron chi connectivity index (χ2n) is 5.51. The van der Waals surface area contributed by atoms with Gasteiger partial charge in [0.25, 0.3) is 10.2 Å². The summed E-state index contributed by atoms with van der Waals surface area (Å²) in [5.41, 5.74) is 0. The Morgan fingerprint density at radius 3 is 2.44 bits per heavy atom. The normalized spacial score (nSPS) is 28.1. The Morgan fingerprint density at radius 2 is 1.89 bits per heavy atom. The number of rotatable bonds is 4. The molecule has 5 nitrogen and oxygen atoms in total. The smallest absolute Gasteiger partial charge is 0.281 e. The summed E-state index contributed by atoms with van der Waals surface area (Å²) < 4.78 is 28.0. The van der Waals surface area contributed by atoms with E-state index < -0.39 is 10.2 Å².